The Morgan fingerprint density at radius 1 is 0.364 bits per heavy atom. The van der Waals surface area contributed by atoms with Gasteiger partial charge in [0.25, 0.3) is 0 Å². The summed E-state index contributed by atoms with van der Waals surface area (Å²) in [6.45, 7) is 9.44. The van der Waals surface area contributed by atoms with Crippen molar-refractivity contribution in [1.29, 1.82) is 0 Å². The van der Waals surface area contributed by atoms with E-state index in [9.17, 15) is 0 Å². The van der Waals surface area contributed by atoms with Gasteiger partial charge in [0.05, 0.1) is 5.69 Å². The Hall–Kier alpha value is -7.94. The molecule has 0 saturated heterocycles. The quantitative estimate of drug-likeness (QED) is 0.166. The number of hydrogen-bond donors (Lipinski definition) is 0. The molecule has 0 unspecified atom stereocenters. The van der Waals surface area contributed by atoms with Crippen LogP contribution in [0.25, 0.3) is 88.3 Å². The number of fused-ring (bicyclic) bond motifs is 11. The molecule has 11 aromatic rings. The molecule has 2 heteroatoms. The van der Waals surface area contributed by atoms with Crippen molar-refractivity contribution in [2.45, 2.75) is 38.5 Å². The summed E-state index contributed by atoms with van der Waals surface area (Å²) in [4.78, 5) is 2.43. The third kappa shape index (κ3) is 5.61. The molecule has 1 aromatic heterocycles. The van der Waals surface area contributed by atoms with Gasteiger partial charge in [0.1, 0.15) is 11.2 Å². The van der Waals surface area contributed by atoms with Crippen LogP contribution in [0.1, 0.15) is 49.9 Å². The third-order valence-corrected chi connectivity index (χ3v) is 14.9. The minimum Gasteiger partial charge on any atom is -0.455 e. The number of para-hydroxylation sites is 1. The molecule has 2 nitrogen and oxygen atoms in total. The van der Waals surface area contributed by atoms with E-state index in [1.165, 1.54) is 72.1 Å². The molecule has 0 saturated carbocycles. The van der Waals surface area contributed by atoms with Crippen molar-refractivity contribution in [3.8, 4) is 55.6 Å². The lowest BCUT2D eigenvalue weighted by molar-refractivity contribution is 0.660. The van der Waals surface area contributed by atoms with Crippen LogP contribution in [0.2, 0.25) is 0 Å². The molecular formula is C64H47NO. The molecule has 2 aliphatic rings. The standard InChI is InChI=1S/C64H47NO/c1-63(2)55-23-10-7-17-48(55)50-37-32-43(39-57(50)63)40-27-33-44(34-28-40)65(45-35-29-42(30-36-45)46-20-13-22-53-49-18-8-11-24-56(49)64(3,4)61(46)53)58-25-12-9-19-51(58)52-21-14-26-59-60(52)54-38-31-41-15-5-6-16-47(41)62(54)66-59/h5-39H,1-4H3. The van der Waals surface area contributed by atoms with Gasteiger partial charge >= 0.3 is 0 Å². The van der Waals surface area contributed by atoms with Crippen LogP contribution in [0.15, 0.2) is 217 Å². The molecule has 0 radical (unpaired) electrons. The van der Waals surface area contributed by atoms with Crippen molar-refractivity contribution in [3.63, 3.8) is 0 Å². The maximum absolute atomic E-state index is 6.72. The van der Waals surface area contributed by atoms with Crippen molar-refractivity contribution in [2.75, 3.05) is 4.90 Å². The number of rotatable bonds is 6. The fourth-order valence-electron chi connectivity index (χ4n) is 11.7. The van der Waals surface area contributed by atoms with E-state index in [1.807, 2.05) is 0 Å². The van der Waals surface area contributed by atoms with Crippen molar-refractivity contribution >= 4 is 49.8 Å². The molecule has 0 fully saturated rings. The summed E-state index contributed by atoms with van der Waals surface area (Å²) in [5.41, 5.74) is 23.0. The molecule has 0 spiro atoms. The zero-order valence-electron chi connectivity index (χ0n) is 37.6. The maximum Gasteiger partial charge on any atom is 0.143 e. The van der Waals surface area contributed by atoms with E-state index in [0.717, 1.165) is 55.5 Å². The highest BCUT2D eigenvalue weighted by Gasteiger charge is 2.38. The molecule has 10 aromatic carbocycles. The van der Waals surface area contributed by atoms with Gasteiger partial charge in [0, 0.05) is 43.9 Å². The SMILES string of the molecule is CC1(C)c2ccccc2-c2ccc(-c3ccc(N(c4ccc(-c5cccc6c5C(C)(C)c5ccccc5-6)cc4)c4ccccc4-c4cccc5oc6c7ccccc7ccc6c45)cc3)cc21. The first-order valence-corrected chi connectivity index (χ1v) is 23.2. The zero-order valence-corrected chi connectivity index (χ0v) is 37.6. The van der Waals surface area contributed by atoms with Gasteiger partial charge in [-0.2, -0.15) is 0 Å². The lowest BCUT2D eigenvalue weighted by atomic mass is 9.79. The van der Waals surface area contributed by atoms with Crippen LogP contribution < -0.4 is 4.90 Å². The molecule has 0 N–H and O–H groups in total. The van der Waals surface area contributed by atoms with E-state index in [-0.39, 0.29) is 10.8 Å². The van der Waals surface area contributed by atoms with Crippen LogP contribution in [-0.4, -0.2) is 0 Å². The summed E-state index contributed by atoms with van der Waals surface area (Å²) in [7, 11) is 0. The molecule has 1 heterocycles. The first kappa shape index (κ1) is 38.5. The lowest BCUT2D eigenvalue weighted by Gasteiger charge is -2.29. The number of nitrogens with zero attached hydrogens (tertiary/aromatic N) is 1. The molecule has 13 rings (SSSR count). The van der Waals surface area contributed by atoms with Crippen molar-refractivity contribution in [2.24, 2.45) is 0 Å². The highest BCUT2D eigenvalue weighted by atomic mass is 16.3. The molecule has 314 valence electrons. The van der Waals surface area contributed by atoms with Crippen LogP contribution in [0.5, 0.6) is 0 Å². The van der Waals surface area contributed by atoms with Crippen LogP contribution in [0, 0.1) is 0 Å². The average molecular weight is 846 g/mol. The minimum atomic E-state index is -0.114. The summed E-state index contributed by atoms with van der Waals surface area (Å²) in [5.74, 6) is 0. The van der Waals surface area contributed by atoms with Gasteiger partial charge in [-0.05, 0) is 126 Å². The second kappa shape index (κ2) is 14.3. The van der Waals surface area contributed by atoms with E-state index in [4.69, 9.17) is 4.42 Å². The van der Waals surface area contributed by atoms with Crippen molar-refractivity contribution in [1.82, 2.24) is 0 Å². The Bertz CT molecular complexity index is 3750. The summed E-state index contributed by atoms with van der Waals surface area (Å²) in [5, 5.41) is 4.54. The second-order valence-corrected chi connectivity index (χ2v) is 19.2. The third-order valence-electron chi connectivity index (χ3n) is 14.9. The first-order chi connectivity index (χ1) is 32.3. The molecule has 0 atom stereocenters. The summed E-state index contributed by atoms with van der Waals surface area (Å²) < 4.78 is 6.72. The van der Waals surface area contributed by atoms with E-state index in [1.54, 1.807) is 0 Å². The van der Waals surface area contributed by atoms with Crippen LogP contribution in [-0.2, 0) is 10.8 Å². The average Bonchev–Trinajstić information content (AvgIpc) is 3.95. The fraction of sp³-hybridized carbons (Fsp3) is 0.0938. The summed E-state index contributed by atoms with van der Waals surface area (Å²) >= 11 is 0. The Morgan fingerprint density at radius 3 is 1.70 bits per heavy atom. The van der Waals surface area contributed by atoms with Gasteiger partial charge < -0.3 is 9.32 Å². The Kier molecular flexibility index (Phi) is 8.33. The zero-order chi connectivity index (χ0) is 44.3. The monoisotopic (exact) mass is 845 g/mol. The molecule has 0 amide bonds. The van der Waals surface area contributed by atoms with Gasteiger partial charge in [-0.25, -0.2) is 0 Å². The van der Waals surface area contributed by atoms with Crippen molar-refractivity contribution < 1.29 is 4.42 Å². The Balaban J connectivity index is 0.958. The van der Waals surface area contributed by atoms with Gasteiger partial charge in [0.2, 0.25) is 0 Å². The van der Waals surface area contributed by atoms with Gasteiger partial charge in [-0.3, -0.25) is 0 Å². The topological polar surface area (TPSA) is 16.4 Å². The van der Waals surface area contributed by atoms with E-state index in [2.05, 4.69) is 245 Å². The summed E-state index contributed by atoms with van der Waals surface area (Å²) in [6.07, 6.45) is 0. The lowest BCUT2D eigenvalue weighted by Crippen LogP contribution is -2.16. The summed E-state index contributed by atoms with van der Waals surface area (Å²) in [6, 6.07) is 78.2. The molecule has 2 aliphatic carbocycles. The van der Waals surface area contributed by atoms with Gasteiger partial charge in [-0.1, -0.05) is 191 Å². The smallest absolute Gasteiger partial charge is 0.143 e. The van der Waals surface area contributed by atoms with E-state index >= 15 is 0 Å². The molecule has 66 heavy (non-hydrogen) atoms. The maximum atomic E-state index is 6.72. The number of benzene rings is 10. The fourth-order valence-corrected chi connectivity index (χ4v) is 11.7. The minimum absolute atomic E-state index is 0.0651. The van der Waals surface area contributed by atoms with E-state index in [0.29, 0.717) is 0 Å². The normalized spacial score (nSPS) is 14.0. The van der Waals surface area contributed by atoms with Gasteiger partial charge in [0.15, 0.2) is 0 Å². The Morgan fingerprint density at radius 2 is 0.924 bits per heavy atom. The highest BCUT2D eigenvalue weighted by molar-refractivity contribution is 6.19. The van der Waals surface area contributed by atoms with E-state index < -0.39 is 0 Å². The van der Waals surface area contributed by atoms with Crippen LogP contribution in [0.3, 0.4) is 0 Å². The molecule has 0 bridgehead atoms. The van der Waals surface area contributed by atoms with Crippen LogP contribution >= 0.6 is 0 Å². The van der Waals surface area contributed by atoms with Crippen LogP contribution in [0.4, 0.5) is 17.1 Å². The largest absolute Gasteiger partial charge is 0.455 e. The number of anilines is 3. The predicted octanol–water partition coefficient (Wildman–Crippen LogP) is 17.8. The highest BCUT2D eigenvalue weighted by Crippen LogP contribution is 2.53. The Labute approximate surface area is 386 Å². The van der Waals surface area contributed by atoms with Gasteiger partial charge in [-0.15, -0.1) is 0 Å². The number of hydrogen-bond acceptors (Lipinski definition) is 2. The number of furan rings is 1. The molecule has 0 aliphatic heterocycles. The first-order valence-electron chi connectivity index (χ1n) is 23.2. The molecular weight excluding hydrogens is 799 g/mol. The second-order valence-electron chi connectivity index (χ2n) is 19.2. The van der Waals surface area contributed by atoms with Crippen molar-refractivity contribution in [3.05, 3.63) is 235 Å². The predicted molar refractivity (Wildman–Crippen MR) is 277 cm³/mol.